The molecule has 2 unspecified atom stereocenters. The molecule has 1 saturated heterocycles. The van der Waals surface area contributed by atoms with Crippen molar-refractivity contribution >= 4 is 6.09 Å². The molecule has 1 aromatic carbocycles. The van der Waals surface area contributed by atoms with E-state index < -0.39 is 35.6 Å². The van der Waals surface area contributed by atoms with E-state index in [0.29, 0.717) is 18.2 Å². The number of nitrogens with zero attached hydrogens (tertiary/aromatic N) is 1. The van der Waals surface area contributed by atoms with Crippen LogP contribution < -0.4 is 10.3 Å². The van der Waals surface area contributed by atoms with Gasteiger partial charge in [-0.25, -0.2) is 9.18 Å². The number of halogens is 4. The second kappa shape index (κ2) is 6.97. The largest absolute Gasteiger partial charge is 0.573 e. The molecule has 2 heterocycles. The lowest BCUT2D eigenvalue weighted by Crippen LogP contribution is -2.40. The minimum Gasteiger partial charge on any atom is -0.465 e. The number of piperidine rings is 1. The second-order valence-corrected chi connectivity index (χ2v) is 6.06. The molecular weight excluding hydrogens is 376 g/mol. The summed E-state index contributed by atoms with van der Waals surface area (Å²) in [4.78, 5) is 23.7. The van der Waals surface area contributed by atoms with Gasteiger partial charge >= 0.3 is 12.5 Å². The first-order valence-electron chi connectivity index (χ1n) is 7.87. The molecule has 0 radical (unpaired) electrons. The van der Waals surface area contributed by atoms with Gasteiger partial charge in [0.2, 0.25) is 0 Å². The number of hydrogen-bond acceptors (Lipinski definition) is 4. The standard InChI is InChI=1S/C16H14F4N2O5/c17-11-6-9(26-16(18,19)20)1-2-10(11)12-5-8(3-4-22(12)15(24)25)13-7-14(23)21-27-13/h1-2,6-8,12H,3-5H2,(H,21,23)(H,24,25). The van der Waals surface area contributed by atoms with E-state index in [4.69, 9.17) is 4.52 Å². The molecule has 2 atom stereocenters. The van der Waals surface area contributed by atoms with Crippen molar-refractivity contribution in [2.24, 2.45) is 0 Å². The van der Waals surface area contributed by atoms with Crippen LogP contribution in [0.5, 0.6) is 5.75 Å². The maximum atomic E-state index is 14.4. The van der Waals surface area contributed by atoms with Crippen LogP contribution in [-0.2, 0) is 0 Å². The minimum absolute atomic E-state index is 0.0415. The van der Waals surface area contributed by atoms with Crippen molar-refractivity contribution < 1.29 is 36.7 Å². The average molecular weight is 390 g/mol. The van der Waals surface area contributed by atoms with Crippen molar-refractivity contribution in [2.45, 2.75) is 31.2 Å². The molecule has 0 aliphatic carbocycles. The number of rotatable bonds is 3. The fraction of sp³-hybridized carbons (Fsp3) is 0.375. The van der Waals surface area contributed by atoms with Crippen LogP contribution in [0.2, 0.25) is 0 Å². The van der Waals surface area contributed by atoms with Crippen molar-refractivity contribution in [3.05, 3.63) is 51.8 Å². The molecular formula is C16H14F4N2O5. The zero-order valence-electron chi connectivity index (χ0n) is 13.6. The van der Waals surface area contributed by atoms with E-state index in [0.717, 1.165) is 17.0 Å². The molecule has 1 amide bonds. The first-order valence-corrected chi connectivity index (χ1v) is 7.87. The molecule has 1 aliphatic rings. The van der Waals surface area contributed by atoms with Crippen LogP contribution in [0.15, 0.2) is 33.6 Å². The Morgan fingerprint density at radius 1 is 1.33 bits per heavy atom. The summed E-state index contributed by atoms with van der Waals surface area (Å²) in [5.41, 5.74) is -0.545. The lowest BCUT2D eigenvalue weighted by molar-refractivity contribution is -0.274. The number of benzene rings is 1. The Kier molecular flexibility index (Phi) is 4.85. The van der Waals surface area contributed by atoms with Gasteiger partial charge in [0, 0.05) is 30.2 Å². The van der Waals surface area contributed by atoms with E-state index in [9.17, 15) is 32.3 Å². The van der Waals surface area contributed by atoms with Gasteiger partial charge in [0.05, 0.1) is 6.04 Å². The SMILES string of the molecule is O=C(O)N1CCC(c2cc(=O)[nH]o2)CC1c1ccc(OC(F)(F)F)cc1F. The van der Waals surface area contributed by atoms with Gasteiger partial charge in [-0.1, -0.05) is 6.07 Å². The molecule has 1 fully saturated rings. The normalized spacial score (nSPS) is 20.5. The smallest absolute Gasteiger partial charge is 0.465 e. The Balaban J connectivity index is 1.90. The van der Waals surface area contributed by atoms with Crippen molar-refractivity contribution in [3.63, 3.8) is 0 Å². The van der Waals surface area contributed by atoms with Crippen LogP contribution >= 0.6 is 0 Å². The van der Waals surface area contributed by atoms with Crippen LogP contribution in [0.4, 0.5) is 22.4 Å². The highest BCUT2D eigenvalue weighted by molar-refractivity contribution is 5.66. The number of nitrogens with one attached hydrogen (secondary N) is 1. The van der Waals surface area contributed by atoms with Crippen LogP contribution in [0, 0.1) is 5.82 Å². The number of aromatic amines is 1. The number of alkyl halides is 3. The quantitative estimate of drug-likeness (QED) is 0.781. The fourth-order valence-electron chi connectivity index (χ4n) is 3.22. The molecule has 1 aliphatic heterocycles. The number of likely N-dealkylation sites (tertiary alicyclic amines) is 1. The Morgan fingerprint density at radius 2 is 2.07 bits per heavy atom. The fourth-order valence-corrected chi connectivity index (χ4v) is 3.22. The maximum absolute atomic E-state index is 14.4. The zero-order chi connectivity index (χ0) is 19.8. The monoisotopic (exact) mass is 390 g/mol. The molecule has 11 heteroatoms. The topological polar surface area (TPSA) is 95.8 Å². The third kappa shape index (κ3) is 4.23. The van der Waals surface area contributed by atoms with E-state index in [-0.39, 0.29) is 24.4 Å². The predicted molar refractivity (Wildman–Crippen MR) is 81.9 cm³/mol. The summed E-state index contributed by atoms with van der Waals surface area (Å²) in [6, 6.07) is 2.82. The van der Waals surface area contributed by atoms with E-state index in [2.05, 4.69) is 9.89 Å². The van der Waals surface area contributed by atoms with Gasteiger partial charge in [0.25, 0.3) is 5.56 Å². The molecule has 27 heavy (non-hydrogen) atoms. The van der Waals surface area contributed by atoms with Gasteiger partial charge in [-0.15, -0.1) is 13.2 Å². The summed E-state index contributed by atoms with van der Waals surface area (Å²) >= 11 is 0. The second-order valence-electron chi connectivity index (χ2n) is 6.06. The number of H-pyrrole nitrogens is 1. The summed E-state index contributed by atoms with van der Waals surface area (Å²) in [6.07, 6.45) is -5.81. The lowest BCUT2D eigenvalue weighted by Gasteiger charge is -2.37. The van der Waals surface area contributed by atoms with Crippen LogP contribution in [0.3, 0.4) is 0 Å². The summed E-state index contributed by atoms with van der Waals surface area (Å²) in [6.45, 7) is 0.0415. The van der Waals surface area contributed by atoms with E-state index in [1.165, 1.54) is 6.07 Å². The Labute approximate surface area is 149 Å². The lowest BCUT2D eigenvalue weighted by atomic mass is 9.85. The van der Waals surface area contributed by atoms with E-state index in [1.807, 2.05) is 0 Å². The van der Waals surface area contributed by atoms with Crippen LogP contribution in [0.25, 0.3) is 0 Å². The van der Waals surface area contributed by atoms with E-state index >= 15 is 0 Å². The van der Waals surface area contributed by atoms with Gasteiger partial charge in [-0.05, 0) is 18.9 Å². The summed E-state index contributed by atoms with van der Waals surface area (Å²) in [5.74, 6) is -1.80. The van der Waals surface area contributed by atoms with Gasteiger partial charge in [-0.3, -0.25) is 4.79 Å². The summed E-state index contributed by atoms with van der Waals surface area (Å²) in [5, 5.41) is 11.5. The Morgan fingerprint density at radius 3 is 2.63 bits per heavy atom. The van der Waals surface area contributed by atoms with E-state index in [1.54, 1.807) is 0 Å². The highest BCUT2D eigenvalue weighted by atomic mass is 19.4. The highest BCUT2D eigenvalue weighted by Gasteiger charge is 2.37. The first kappa shape index (κ1) is 18.8. The molecule has 2 aromatic rings. The van der Waals surface area contributed by atoms with Crippen molar-refractivity contribution in [1.82, 2.24) is 10.1 Å². The Bertz CT molecular complexity index is 891. The molecule has 3 rings (SSSR count). The predicted octanol–water partition coefficient (Wildman–Crippen LogP) is 3.60. The number of carboxylic acid groups (broad SMARTS) is 1. The first-order chi connectivity index (χ1) is 12.6. The number of amides is 1. The highest BCUT2D eigenvalue weighted by Crippen LogP contribution is 2.40. The van der Waals surface area contributed by atoms with Gasteiger partial charge < -0.3 is 19.3 Å². The average Bonchev–Trinajstić information content (AvgIpc) is 2.99. The molecule has 2 N–H and O–H groups in total. The molecule has 7 nitrogen and oxygen atoms in total. The maximum Gasteiger partial charge on any atom is 0.573 e. The molecule has 0 spiro atoms. The summed E-state index contributed by atoms with van der Waals surface area (Å²) in [7, 11) is 0. The zero-order valence-corrected chi connectivity index (χ0v) is 13.6. The van der Waals surface area contributed by atoms with Crippen molar-refractivity contribution in [1.29, 1.82) is 0 Å². The molecule has 0 saturated carbocycles. The molecule has 1 aromatic heterocycles. The molecule has 146 valence electrons. The third-order valence-electron chi connectivity index (χ3n) is 4.36. The van der Waals surface area contributed by atoms with Crippen molar-refractivity contribution in [3.8, 4) is 5.75 Å². The Hall–Kier alpha value is -2.98. The third-order valence-corrected chi connectivity index (χ3v) is 4.36. The van der Waals surface area contributed by atoms with Gasteiger partial charge in [0.1, 0.15) is 17.3 Å². The van der Waals surface area contributed by atoms with Crippen molar-refractivity contribution in [2.75, 3.05) is 6.54 Å². The van der Waals surface area contributed by atoms with Crippen LogP contribution in [0.1, 0.15) is 36.1 Å². The van der Waals surface area contributed by atoms with Crippen LogP contribution in [-0.4, -0.2) is 34.2 Å². The van der Waals surface area contributed by atoms with Gasteiger partial charge in [0.15, 0.2) is 0 Å². The van der Waals surface area contributed by atoms with Gasteiger partial charge in [-0.2, -0.15) is 5.16 Å². The number of ether oxygens (including phenoxy) is 1. The minimum atomic E-state index is -4.97. The number of carbonyl (C=O) groups is 1. The number of aromatic nitrogens is 1. The number of hydrogen-bond donors (Lipinski definition) is 2. The summed E-state index contributed by atoms with van der Waals surface area (Å²) < 4.78 is 60.0. The molecule has 0 bridgehead atoms.